The van der Waals surface area contributed by atoms with Crippen LogP contribution in [0.3, 0.4) is 0 Å². The Balaban J connectivity index is 2.01. The summed E-state index contributed by atoms with van der Waals surface area (Å²) in [6.07, 6.45) is 0. The summed E-state index contributed by atoms with van der Waals surface area (Å²) >= 11 is 3.43. The zero-order chi connectivity index (χ0) is 13.2. The molecule has 18 heavy (non-hydrogen) atoms. The molecule has 0 N–H and O–H groups in total. The van der Waals surface area contributed by atoms with Gasteiger partial charge in [-0.2, -0.15) is 0 Å². The summed E-state index contributed by atoms with van der Waals surface area (Å²) in [6.45, 7) is 5.95. The van der Waals surface area contributed by atoms with E-state index in [1.807, 2.05) is 39.0 Å². The molecule has 94 valence electrons. The first-order chi connectivity index (χ1) is 8.35. The predicted octanol–water partition coefficient (Wildman–Crippen LogP) is 2.90. The third kappa shape index (κ3) is 1.35. The third-order valence-electron chi connectivity index (χ3n) is 4.14. The van der Waals surface area contributed by atoms with E-state index in [0.29, 0.717) is 5.69 Å². The van der Waals surface area contributed by atoms with Gasteiger partial charge in [-0.05, 0) is 46.0 Å². The SMILES string of the molecule is Cc1ccc(N2C(=O)C3C(C2=O)C3(C)C)c(Br)c1. The minimum absolute atomic E-state index is 0.0560. The highest BCUT2D eigenvalue weighted by Crippen LogP contribution is 2.63. The number of anilines is 1. The van der Waals surface area contributed by atoms with E-state index in [1.54, 1.807) is 0 Å². The van der Waals surface area contributed by atoms with Crippen molar-refractivity contribution >= 4 is 33.4 Å². The Hall–Kier alpha value is -1.16. The number of halogens is 1. The fraction of sp³-hybridized carbons (Fsp3) is 0.429. The van der Waals surface area contributed by atoms with Crippen molar-refractivity contribution in [3.63, 3.8) is 0 Å². The van der Waals surface area contributed by atoms with Crippen LogP contribution in [0, 0.1) is 24.2 Å². The Bertz CT molecular complexity index is 555. The third-order valence-corrected chi connectivity index (χ3v) is 4.78. The Kier molecular flexibility index (Phi) is 2.28. The van der Waals surface area contributed by atoms with Crippen LogP contribution in [0.25, 0.3) is 0 Å². The lowest BCUT2D eigenvalue weighted by atomic mass is 10.1. The van der Waals surface area contributed by atoms with Gasteiger partial charge in [-0.1, -0.05) is 19.9 Å². The highest BCUT2D eigenvalue weighted by molar-refractivity contribution is 9.10. The molecule has 0 aromatic heterocycles. The standard InChI is InChI=1S/C14H14BrNO2/c1-7-4-5-9(8(15)6-7)16-12(17)10-11(13(16)18)14(10,2)3/h4-6,10-11H,1-3H3. The molecule has 1 aromatic rings. The normalized spacial score (nSPS) is 28.6. The molecular formula is C14H14BrNO2. The number of aryl methyl sites for hydroxylation is 1. The van der Waals surface area contributed by atoms with E-state index in [2.05, 4.69) is 15.9 Å². The zero-order valence-electron chi connectivity index (χ0n) is 10.5. The van der Waals surface area contributed by atoms with Gasteiger partial charge in [0.05, 0.1) is 17.5 Å². The monoisotopic (exact) mass is 307 g/mol. The molecule has 1 aromatic carbocycles. The molecule has 2 fully saturated rings. The number of hydrogen-bond donors (Lipinski definition) is 0. The van der Waals surface area contributed by atoms with Crippen molar-refractivity contribution in [3.8, 4) is 0 Å². The van der Waals surface area contributed by atoms with Crippen LogP contribution in [0.4, 0.5) is 5.69 Å². The zero-order valence-corrected chi connectivity index (χ0v) is 12.1. The first kappa shape index (κ1) is 11.9. The number of rotatable bonds is 1. The number of benzene rings is 1. The molecule has 1 heterocycles. The van der Waals surface area contributed by atoms with Gasteiger partial charge < -0.3 is 0 Å². The fourth-order valence-corrected chi connectivity index (χ4v) is 3.65. The maximum Gasteiger partial charge on any atom is 0.238 e. The molecule has 3 nitrogen and oxygen atoms in total. The summed E-state index contributed by atoms with van der Waals surface area (Å²) in [4.78, 5) is 25.9. The molecule has 1 saturated carbocycles. The maximum absolute atomic E-state index is 12.3. The van der Waals surface area contributed by atoms with E-state index in [1.165, 1.54) is 4.90 Å². The van der Waals surface area contributed by atoms with Crippen molar-refractivity contribution in [2.24, 2.45) is 17.3 Å². The Morgan fingerprint density at radius 3 is 2.22 bits per heavy atom. The molecule has 2 atom stereocenters. The Morgan fingerprint density at radius 2 is 1.72 bits per heavy atom. The van der Waals surface area contributed by atoms with Crippen LogP contribution in [-0.2, 0) is 9.59 Å². The minimum Gasteiger partial charge on any atom is -0.274 e. The van der Waals surface area contributed by atoms with Crippen molar-refractivity contribution in [1.29, 1.82) is 0 Å². The molecule has 2 unspecified atom stereocenters. The van der Waals surface area contributed by atoms with Gasteiger partial charge in [-0.25, -0.2) is 4.90 Å². The molecule has 2 amide bonds. The molecular weight excluding hydrogens is 294 g/mol. The highest BCUT2D eigenvalue weighted by Gasteiger charge is 2.72. The summed E-state index contributed by atoms with van der Waals surface area (Å²) in [7, 11) is 0. The van der Waals surface area contributed by atoms with Crippen molar-refractivity contribution in [2.45, 2.75) is 20.8 Å². The molecule has 2 aliphatic rings. The molecule has 0 spiro atoms. The number of amides is 2. The van der Waals surface area contributed by atoms with Crippen molar-refractivity contribution in [1.82, 2.24) is 0 Å². The van der Waals surface area contributed by atoms with Crippen LogP contribution in [0.5, 0.6) is 0 Å². The van der Waals surface area contributed by atoms with Gasteiger partial charge in [0.1, 0.15) is 0 Å². The first-order valence-corrected chi connectivity index (χ1v) is 6.79. The highest BCUT2D eigenvalue weighted by atomic mass is 79.9. The van der Waals surface area contributed by atoms with Crippen LogP contribution in [-0.4, -0.2) is 11.8 Å². The predicted molar refractivity (Wildman–Crippen MR) is 72.1 cm³/mol. The van der Waals surface area contributed by atoms with E-state index in [4.69, 9.17) is 0 Å². The lowest BCUT2D eigenvalue weighted by Crippen LogP contribution is -2.36. The molecule has 0 bridgehead atoms. The van der Waals surface area contributed by atoms with Crippen LogP contribution >= 0.6 is 15.9 Å². The van der Waals surface area contributed by atoms with E-state index >= 15 is 0 Å². The number of imide groups is 1. The second kappa shape index (κ2) is 3.44. The summed E-state index contributed by atoms with van der Waals surface area (Å²) in [5.41, 5.74) is 1.61. The Morgan fingerprint density at radius 1 is 1.17 bits per heavy atom. The van der Waals surface area contributed by atoms with Gasteiger partial charge in [-0.3, -0.25) is 9.59 Å². The summed E-state index contributed by atoms with van der Waals surface area (Å²) in [5, 5.41) is 0. The Labute approximate surface area is 114 Å². The molecule has 1 aliphatic carbocycles. The van der Waals surface area contributed by atoms with Gasteiger partial charge >= 0.3 is 0 Å². The summed E-state index contributed by atoms with van der Waals surface area (Å²) in [6, 6.07) is 5.66. The van der Waals surface area contributed by atoms with E-state index < -0.39 is 0 Å². The molecule has 1 saturated heterocycles. The maximum atomic E-state index is 12.3. The van der Waals surface area contributed by atoms with Gasteiger partial charge in [0, 0.05) is 4.47 Å². The smallest absolute Gasteiger partial charge is 0.238 e. The lowest BCUT2D eigenvalue weighted by molar-refractivity contribution is -0.125. The van der Waals surface area contributed by atoms with E-state index in [0.717, 1.165) is 10.0 Å². The number of fused-ring (bicyclic) bond motifs is 1. The van der Waals surface area contributed by atoms with Crippen LogP contribution in [0.2, 0.25) is 0 Å². The topological polar surface area (TPSA) is 37.4 Å². The van der Waals surface area contributed by atoms with Gasteiger partial charge in [-0.15, -0.1) is 0 Å². The number of carbonyl (C=O) groups excluding carboxylic acids is 2. The minimum atomic E-state index is -0.151. The van der Waals surface area contributed by atoms with Crippen molar-refractivity contribution < 1.29 is 9.59 Å². The summed E-state index contributed by atoms with van der Waals surface area (Å²) < 4.78 is 0.795. The van der Waals surface area contributed by atoms with Gasteiger partial charge in [0.25, 0.3) is 0 Å². The first-order valence-electron chi connectivity index (χ1n) is 5.99. The average molecular weight is 308 g/mol. The molecule has 3 rings (SSSR count). The number of hydrogen-bond acceptors (Lipinski definition) is 2. The van der Waals surface area contributed by atoms with Crippen molar-refractivity contribution in [3.05, 3.63) is 28.2 Å². The van der Waals surface area contributed by atoms with Crippen LogP contribution < -0.4 is 4.90 Å². The second-order valence-corrected chi connectivity index (χ2v) is 6.60. The van der Waals surface area contributed by atoms with Crippen LogP contribution in [0.15, 0.2) is 22.7 Å². The van der Waals surface area contributed by atoms with Gasteiger partial charge in [0.2, 0.25) is 11.8 Å². The number of piperidine rings is 1. The van der Waals surface area contributed by atoms with E-state index in [9.17, 15) is 9.59 Å². The van der Waals surface area contributed by atoms with Crippen molar-refractivity contribution in [2.75, 3.05) is 4.90 Å². The second-order valence-electron chi connectivity index (χ2n) is 5.74. The number of carbonyl (C=O) groups is 2. The van der Waals surface area contributed by atoms with Gasteiger partial charge in [0.15, 0.2) is 0 Å². The largest absolute Gasteiger partial charge is 0.274 e. The van der Waals surface area contributed by atoms with E-state index in [-0.39, 0.29) is 29.1 Å². The fourth-order valence-electron chi connectivity index (χ4n) is 2.98. The molecule has 1 aliphatic heterocycles. The quantitative estimate of drug-likeness (QED) is 0.748. The summed E-state index contributed by atoms with van der Waals surface area (Å²) in [5.74, 6) is -0.365. The van der Waals surface area contributed by atoms with Crippen LogP contribution in [0.1, 0.15) is 19.4 Å². The lowest BCUT2D eigenvalue weighted by Gasteiger charge is -2.21. The molecule has 4 heteroatoms. The number of nitrogens with zero attached hydrogens (tertiary/aromatic N) is 1. The average Bonchev–Trinajstić information content (AvgIpc) is 2.72. The molecule has 0 radical (unpaired) electrons.